The number of carbonyl (C=O) groups excluding carboxylic acids is 2. The standard InChI is InChI=1S/C22H21ClF3N3O3S/c1-4-32-19(30)21(2)12-29(20(31)27-14-6-5-7-15(11-14)33-3)28-18(21)13-8-9-16(17(23)10-13)22(24,25)26/h5-11H,4,12H2,1-3H3,(H,27,31). The first-order chi connectivity index (χ1) is 15.5. The van der Waals surface area contributed by atoms with Crippen LogP contribution in [0.15, 0.2) is 52.5 Å². The molecule has 2 aromatic rings. The second kappa shape index (κ2) is 9.64. The summed E-state index contributed by atoms with van der Waals surface area (Å²) >= 11 is 7.38. The Morgan fingerprint density at radius 3 is 2.61 bits per heavy atom. The van der Waals surface area contributed by atoms with Crippen molar-refractivity contribution in [2.75, 3.05) is 24.7 Å². The fourth-order valence-corrected chi connectivity index (χ4v) is 4.11. The second-order valence-corrected chi connectivity index (χ2v) is 8.70. The minimum absolute atomic E-state index is 0.0865. The Morgan fingerprint density at radius 2 is 2.00 bits per heavy atom. The molecular weight excluding hydrogens is 479 g/mol. The van der Waals surface area contributed by atoms with Crippen LogP contribution < -0.4 is 5.32 Å². The maximum absolute atomic E-state index is 13.1. The summed E-state index contributed by atoms with van der Waals surface area (Å²) in [6.07, 6.45) is -2.73. The lowest BCUT2D eigenvalue weighted by Gasteiger charge is -2.24. The van der Waals surface area contributed by atoms with Crippen molar-refractivity contribution in [1.82, 2.24) is 5.01 Å². The topological polar surface area (TPSA) is 71.0 Å². The molecule has 3 rings (SSSR count). The van der Waals surface area contributed by atoms with Gasteiger partial charge in [-0.1, -0.05) is 23.7 Å². The fourth-order valence-electron chi connectivity index (χ4n) is 3.37. The number of nitrogens with zero attached hydrogens (tertiary/aromatic N) is 2. The Hall–Kier alpha value is -2.72. The normalized spacial score (nSPS) is 18.2. The van der Waals surface area contributed by atoms with E-state index in [1.165, 1.54) is 24.8 Å². The van der Waals surface area contributed by atoms with Crippen LogP contribution in [0.5, 0.6) is 0 Å². The van der Waals surface area contributed by atoms with Gasteiger partial charge in [0, 0.05) is 16.1 Å². The number of alkyl halides is 3. The molecule has 1 unspecified atom stereocenters. The zero-order valence-corrected chi connectivity index (χ0v) is 19.6. The smallest absolute Gasteiger partial charge is 0.417 e. The Balaban J connectivity index is 1.97. The molecule has 0 fully saturated rings. The summed E-state index contributed by atoms with van der Waals surface area (Å²) in [7, 11) is 0. The van der Waals surface area contributed by atoms with Crippen molar-refractivity contribution in [3.05, 3.63) is 58.6 Å². The maximum Gasteiger partial charge on any atom is 0.417 e. The number of anilines is 1. The summed E-state index contributed by atoms with van der Waals surface area (Å²) in [6, 6.07) is 9.64. The van der Waals surface area contributed by atoms with E-state index in [2.05, 4.69) is 10.4 Å². The average Bonchev–Trinajstić information content (AvgIpc) is 3.12. The fraction of sp³-hybridized carbons (Fsp3) is 0.318. The van der Waals surface area contributed by atoms with Crippen LogP contribution in [0.2, 0.25) is 5.02 Å². The third-order valence-electron chi connectivity index (χ3n) is 5.04. The molecule has 1 N–H and O–H groups in total. The number of amides is 2. The molecule has 0 radical (unpaired) electrons. The van der Waals surface area contributed by atoms with Gasteiger partial charge in [0.1, 0.15) is 5.41 Å². The molecule has 0 spiro atoms. The van der Waals surface area contributed by atoms with Crippen molar-refractivity contribution >= 4 is 46.8 Å². The Morgan fingerprint density at radius 1 is 1.27 bits per heavy atom. The number of urea groups is 1. The van der Waals surface area contributed by atoms with Gasteiger partial charge in [-0.2, -0.15) is 18.3 Å². The van der Waals surface area contributed by atoms with Crippen molar-refractivity contribution < 1.29 is 27.5 Å². The summed E-state index contributed by atoms with van der Waals surface area (Å²) < 4.78 is 44.5. The number of thioether (sulfide) groups is 1. The molecule has 0 bridgehead atoms. The number of nitrogens with one attached hydrogen (secondary N) is 1. The first kappa shape index (κ1) is 24.9. The first-order valence-corrected chi connectivity index (χ1v) is 11.5. The van der Waals surface area contributed by atoms with Crippen LogP contribution in [-0.2, 0) is 15.7 Å². The number of benzene rings is 2. The molecule has 1 aliphatic rings. The molecule has 1 atom stereocenters. The highest BCUT2D eigenvalue weighted by atomic mass is 35.5. The van der Waals surface area contributed by atoms with Crippen LogP contribution in [0.1, 0.15) is 25.0 Å². The summed E-state index contributed by atoms with van der Waals surface area (Å²) in [5.74, 6) is -0.653. The molecule has 2 aromatic carbocycles. The van der Waals surface area contributed by atoms with Gasteiger partial charge >= 0.3 is 18.2 Å². The average molecular weight is 500 g/mol. The molecule has 0 aliphatic carbocycles. The maximum atomic E-state index is 13.1. The highest BCUT2D eigenvalue weighted by Gasteiger charge is 2.49. The Bertz CT molecular complexity index is 1110. The molecule has 2 amide bonds. The van der Waals surface area contributed by atoms with Gasteiger partial charge in [-0.3, -0.25) is 4.79 Å². The zero-order chi connectivity index (χ0) is 24.4. The van der Waals surface area contributed by atoms with E-state index >= 15 is 0 Å². The lowest BCUT2D eigenvalue weighted by atomic mass is 9.82. The number of ether oxygens (including phenoxy) is 1. The number of hydrazone groups is 1. The zero-order valence-electron chi connectivity index (χ0n) is 18.0. The summed E-state index contributed by atoms with van der Waals surface area (Å²) in [6.45, 7) is 3.08. The highest BCUT2D eigenvalue weighted by molar-refractivity contribution is 7.98. The van der Waals surface area contributed by atoms with Gasteiger partial charge in [0.2, 0.25) is 0 Å². The summed E-state index contributed by atoms with van der Waals surface area (Å²) in [4.78, 5) is 26.6. The molecule has 176 valence electrons. The minimum atomic E-state index is -4.63. The third-order valence-corrected chi connectivity index (χ3v) is 6.08. The van der Waals surface area contributed by atoms with Gasteiger partial charge in [-0.05, 0) is 50.4 Å². The van der Waals surface area contributed by atoms with Crippen LogP contribution in [-0.4, -0.2) is 42.1 Å². The number of halogens is 4. The van der Waals surface area contributed by atoms with Gasteiger partial charge in [0.25, 0.3) is 0 Å². The van der Waals surface area contributed by atoms with Gasteiger partial charge in [-0.15, -0.1) is 11.8 Å². The lowest BCUT2D eigenvalue weighted by molar-refractivity contribution is -0.150. The minimum Gasteiger partial charge on any atom is -0.465 e. The molecule has 33 heavy (non-hydrogen) atoms. The van der Waals surface area contributed by atoms with E-state index in [0.717, 1.165) is 22.0 Å². The van der Waals surface area contributed by atoms with Crippen molar-refractivity contribution in [1.29, 1.82) is 0 Å². The van der Waals surface area contributed by atoms with Gasteiger partial charge in [0.05, 0.1) is 29.4 Å². The molecule has 0 saturated carbocycles. The Kier molecular flexibility index (Phi) is 7.28. The van der Waals surface area contributed by atoms with E-state index < -0.39 is 34.2 Å². The monoisotopic (exact) mass is 499 g/mol. The van der Waals surface area contributed by atoms with Gasteiger partial charge in [0.15, 0.2) is 0 Å². The van der Waals surface area contributed by atoms with Crippen LogP contribution in [0.4, 0.5) is 23.7 Å². The molecule has 0 saturated heterocycles. The molecule has 1 heterocycles. The lowest BCUT2D eigenvalue weighted by Crippen LogP contribution is -2.42. The third kappa shape index (κ3) is 5.27. The number of carbonyl (C=O) groups is 2. The molecule has 1 aliphatic heterocycles. The van der Waals surface area contributed by atoms with E-state index in [1.54, 1.807) is 25.1 Å². The van der Waals surface area contributed by atoms with E-state index in [9.17, 15) is 22.8 Å². The van der Waals surface area contributed by atoms with Crippen LogP contribution in [0, 0.1) is 5.41 Å². The van der Waals surface area contributed by atoms with E-state index in [1.807, 2.05) is 12.3 Å². The SMILES string of the molecule is CCOC(=O)C1(C)CN(C(=O)Nc2cccc(SC)c2)N=C1c1ccc(C(F)(F)F)c(Cl)c1. The molecule has 11 heteroatoms. The number of esters is 1. The van der Waals surface area contributed by atoms with Crippen molar-refractivity contribution in [3.63, 3.8) is 0 Å². The van der Waals surface area contributed by atoms with E-state index in [0.29, 0.717) is 5.69 Å². The van der Waals surface area contributed by atoms with E-state index in [-0.39, 0.29) is 24.4 Å². The first-order valence-electron chi connectivity index (χ1n) is 9.85. The number of hydrogen-bond acceptors (Lipinski definition) is 5. The molecular formula is C22H21ClF3N3O3S. The highest BCUT2D eigenvalue weighted by Crippen LogP contribution is 2.38. The Labute approximate surface area is 198 Å². The molecule has 0 aromatic heterocycles. The van der Waals surface area contributed by atoms with Crippen molar-refractivity contribution in [3.8, 4) is 0 Å². The second-order valence-electron chi connectivity index (χ2n) is 7.41. The quantitative estimate of drug-likeness (QED) is 0.410. The predicted molar refractivity (Wildman–Crippen MR) is 122 cm³/mol. The van der Waals surface area contributed by atoms with Crippen LogP contribution in [0.25, 0.3) is 0 Å². The van der Waals surface area contributed by atoms with E-state index in [4.69, 9.17) is 16.3 Å². The van der Waals surface area contributed by atoms with Crippen molar-refractivity contribution in [2.45, 2.75) is 24.9 Å². The van der Waals surface area contributed by atoms with Crippen molar-refractivity contribution in [2.24, 2.45) is 10.5 Å². The predicted octanol–water partition coefficient (Wildman–Crippen LogP) is 5.90. The number of rotatable bonds is 5. The summed E-state index contributed by atoms with van der Waals surface area (Å²) in [5, 5.41) is 7.52. The largest absolute Gasteiger partial charge is 0.465 e. The summed E-state index contributed by atoms with van der Waals surface area (Å²) in [5.41, 5.74) is -1.61. The van der Waals surface area contributed by atoms with Crippen LogP contribution in [0.3, 0.4) is 0 Å². The molecule has 6 nitrogen and oxygen atoms in total. The number of hydrogen-bond donors (Lipinski definition) is 1. The van der Waals surface area contributed by atoms with Gasteiger partial charge in [-0.25, -0.2) is 9.80 Å². The van der Waals surface area contributed by atoms with Gasteiger partial charge < -0.3 is 10.1 Å². The van der Waals surface area contributed by atoms with Crippen LogP contribution >= 0.6 is 23.4 Å².